The highest BCUT2D eigenvalue weighted by molar-refractivity contribution is 8.00. The molecule has 0 bridgehead atoms. The van der Waals surface area contributed by atoms with Gasteiger partial charge in [-0.15, -0.1) is 11.8 Å². The number of hydrogen-bond acceptors (Lipinski definition) is 3. The summed E-state index contributed by atoms with van der Waals surface area (Å²) in [5, 5.41) is 21.6. The van der Waals surface area contributed by atoms with Crippen molar-refractivity contribution >= 4 is 29.3 Å². The van der Waals surface area contributed by atoms with E-state index in [4.69, 9.17) is 11.6 Å². The van der Waals surface area contributed by atoms with E-state index in [-0.39, 0.29) is 11.2 Å². The molecule has 3 nitrogen and oxygen atoms in total. The zero-order chi connectivity index (χ0) is 21.1. The molecule has 0 spiro atoms. The molecular weight excluding hydrogens is 416 g/mol. The van der Waals surface area contributed by atoms with Crippen LogP contribution in [0.4, 0.5) is 0 Å². The van der Waals surface area contributed by atoms with Crippen molar-refractivity contribution in [2.24, 2.45) is 11.8 Å². The van der Waals surface area contributed by atoms with Crippen LogP contribution in [0.25, 0.3) is 11.1 Å². The lowest BCUT2D eigenvalue weighted by Crippen LogP contribution is -2.29. The van der Waals surface area contributed by atoms with Crippen LogP contribution in [0.3, 0.4) is 0 Å². The van der Waals surface area contributed by atoms with E-state index in [2.05, 4.69) is 0 Å². The van der Waals surface area contributed by atoms with E-state index in [0.29, 0.717) is 11.4 Å². The van der Waals surface area contributed by atoms with Crippen LogP contribution in [0.2, 0.25) is 5.02 Å². The number of aliphatic hydroxyl groups excluding tert-OH is 1. The van der Waals surface area contributed by atoms with E-state index in [1.807, 2.05) is 78.9 Å². The quantitative estimate of drug-likeness (QED) is 0.473. The minimum absolute atomic E-state index is 0.0436. The monoisotopic (exact) mass is 438 g/mol. The van der Waals surface area contributed by atoms with Crippen LogP contribution >= 0.6 is 23.4 Å². The molecule has 3 aromatic rings. The molecule has 4 atom stereocenters. The lowest BCUT2D eigenvalue weighted by Gasteiger charge is -2.25. The third-order valence-corrected chi connectivity index (χ3v) is 7.43. The van der Waals surface area contributed by atoms with Gasteiger partial charge in [-0.3, -0.25) is 4.79 Å². The van der Waals surface area contributed by atoms with Gasteiger partial charge in [0.2, 0.25) is 0 Å². The van der Waals surface area contributed by atoms with Crippen molar-refractivity contribution in [2.45, 2.75) is 29.1 Å². The van der Waals surface area contributed by atoms with Gasteiger partial charge in [0.1, 0.15) is 0 Å². The zero-order valence-corrected chi connectivity index (χ0v) is 17.9. The molecule has 154 valence electrons. The zero-order valence-electron chi connectivity index (χ0n) is 16.3. The maximum absolute atomic E-state index is 12.1. The maximum atomic E-state index is 12.1. The van der Waals surface area contributed by atoms with Crippen LogP contribution in [0.5, 0.6) is 0 Å². The molecule has 3 aromatic carbocycles. The van der Waals surface area contributed by atoms with Crippen LogP contribution in [0.15, 0.2) is 83.8 Å². The molecule has 0 aliphatic heterocycles. The van der Waals surface area contributed by atoms with Gasteiger partial charge < -0.3 is 10.2 Å². The molecule has 1 aliphatic rings. The maximum Gasteiger partial charge on any atom is 0.308 e. The molecular formula is C25H23ClO3S. The van der Waals surface area contributed by atoms with Gasteiger partial charge in [-0.25, -0.2) is 0 Å². The third-order valence-electron chi connectivity index (χ3n) is 5.80. The van der Waals surface area contributed by atoms with Gasteiger partial charge in [0.25, 0.3) is 0 Å². The summed E-state index contributed by atoms with van der Waals surface area (Å²) in [6.45, 7) is 0. The van der Waals surface area contributed by atoms with Crippen LogP contribution in [-0.2, 0) is 4.79 Å². The normalized spacial score (nSPS) is 22.0. The molecule has 1 unspecified atom stereocenters. The fourth-order valence-corrected chi connectivity index (χ4v) is 5.76. The summed E-state index contributed by atoms with van der Waals surface area (Å²) in [6, 6.07) is 25.2. The van der Waals surface area contributed by atoms with Crippen molar-refractivity contribution in [2.75, 3.05) is 0 Å². The second kappa shape index (κ2) is 9.25. The second-order valence-electron chi connectivity index (χ2n) is 7.65. The topological polar surface area (TPSA) is 57.5 Å². The Bertz CT molecular complexity index is 989. The van der Waals surface area contributed by atoms with E-state index >= 15 is 0 Å². The van der Waals surface area contributed by atoms with Gasteiger partial charge in [0, 0.05) is 21.1 Å². The lowest BCUT2D eigenvalue weighted by molar-refractivity contribution is -0.144. The number of carboxylic acid groups (broad SMARTS) is 1. The predicted molar refractivity (Wildman–Crippen MR) is 122 cm³/mol. The van der Waals surface area contributed by atoms with Gasteiger partial charge >= 0.3 is 5.97 Å². The number of halogens is 1. The fourth-order valence-electron chi connectivity index (χ4n) is 4.26. The Morgan fingerprint density at radius 3 is 2.10 bits per heavy atom. The van der Waals surface area contributed by atoms with Crippen LogP contribution in [0.1, 0.15) is 24.5 Å². The Hall–Kier alpha value is -2.27. The first-order chi connectivity index (χ1) is 14.5. The highest BCUT2D eigenvalue weighted by Gasteiger charge is 2.45. The van der Waals surface area contributed by atoms with E-state index in [9.17, 15) is 15.0 Å². The summed E-state index contributed by atoms with van der Waals surface area (Å²) < 4.78 is 0. The van der Waals surface area contributed by atoms with Crippen LogP contribution < -0.4 is 0 Å². The number of aliphatic carboxylic acids is 1. The van der Waals surface area contributed by atoms with Crippen LogP contribution in [-0.4, -0.2) is 21.4 Å². The van der Waals surface area contributed by atoms with Crippen LogP contribution in [0, 0.1) is 11.8 Å². The molecule has 0 radical (unpaired) electrons. The molecule has 4 rings (SSSR count). The molecule has 30 heavy (non-hydrogen) atoms. The number of aliphatic hydroxyl groups is 1. The minimum atomic E-state index is -0.831. The summed E-state index contributed by atoms with van der Waals surface area (Å²) in [5.41, 5.74) is 2.83. The Labute approximate surface area is 185 Å². The minimum Gasteiger partial charge on any atom is -0.481 e. The smallest absolute Gasteiger partial charge is 0.308 e. The average Bonchev–Trinajstić information content (AvgIpc) is 3.18. The molecule has 1 fully saturated rings. The molecule has 0 amide bonds. The molecule has 1 saturated carbocycles. The van der Waals surface area contributed by atoms with Gasteiger partial charge in [-0.1, -0.05) is 66.2 Å². The largest absolute Gasteiger partial charge is 0.481 e. The Morgan fingerprint density at radius 1 is 0.900 bits per heavy atom. The average molecular weight is 439 g/mol. The lowest BCUT2D eigenvalue weighted by atomic mass is 9.86. The standard InChI is InChI=1S/C25H23ClO3S/c26-19-12-10-17(11-13-19)16-6-8-18(9-7-16)24(27)21-14-15-22(23(21)25(28)29)30-20-4-2-1-3-5-20/h1-13,21-24,27H,14-15H2,(H,28,29)/t21-,22+,23+,24?/m0/s1. The summed E-state index contributed by atoms with van der Waals surface area (Å²) >= 11 is 7.56. The first-order valence-electron chi connectivity index (χ1n) is 10.0. The van der Waals surface area contributed by atoms with Crippen molar-refractivity contribution in [1.82, 2.24) is 0 Å². The van der Waals surface area contributed by atoms with Gasteiger partial charge in [0.15, 0.2) is 0 Å². The van der Waals surface area contributed by atoms with Crippen molar-refractivity contribution in [3.05, 3.63) is 89.4 Å². The SMILES string of the molecule is O=C(O)[C@@H]1[C@@H](C(O)c2ccc(-c3ccc(Cl)cc3)cc2)CC[C@H]1Sc1ccccc1. The molecule has 0 saturated heterocycles. The van der Waals surface area contributed by atoms with Gasteiger partial charge in [-0.05, 0) is 53.8 Å². The number of rotatable bonds is 6. The molecule has 0 heterocycles. The fraction of sp³-hybridized carbons (Fsp3) is 0.240. The third kappa shape index (κ3) is 4.56. The summed E-state index contributed by atoms with van der Waals surface area (Å²) in [7, 11) is 0. The number of carboxylic acids is 1. The number of benzene rings is 3. The molecule has 1 aliphatic carbocycles. The number of thioether (sulfide) groups is 1. The number of hydrogen-bond donors (Lipinski definition) is 2. The van der Waals surface area contributed by atoms with E-state index in [1.54, 1.807) is 11.8 Å². The first-order valence-corrected chi connectivity index (χ1v) is 11.3. The summed E-state index contributed by atoms with van der Waals surface area (Å²) in [4.78, 5) is 13.1. The Morgan fingerprint density at radius 2 is 1.50 bits per heavy atom. The predicted octanol–water partition coefficient (Wildman–Crippen LogP) is 6.31. The Balaban J connectivity index is 1.51. The van der Waals surface area contributed by atoms with Crippen molar-refractivity contribution in [3.63, 3.8) is 0 Å². The molecule has 2 N–H and O–H groups in total. The van der Waals surface area contributed by atoms with Crippen molar-refractivity contribution in [1.29, 1.82) is 0 Å². The van der Waals surface area contributed by atoms with Crippen molar-refractivity contribution in [3.8, 4) is 11.1 Å². The Kier molecular flexibility index (Phi) is 6.47. The molecule has 0 aromatic heterocycles. The van der Waals surface area contributed by atoms with Gasteiger partial charge in [-0.2, -0.15) is 0 Å². The van der Waals surface area contributed by atoms with Crippen molar-refractivity contribution < 1.29 is 15.0 Å². The van der Waals surface area contributed by atoms with E-state index < -0.39 is 18.0 Å². The number of carbonyl (C=O) groups is 1. The highest BCUT2D eigenvalue weighted by atomic mass is 35.5. The second-order valence-corrected chi connectivity index (χ2v) is 9.40. The van der Waals surface area contributed by atoms with E-state index in [1.165, 1.54) is 0 Å². The highest BCUT2D eigenvalue weighted by Crippen LogP contribution is 2.47. The van der Waals surface area contributed by atoms with E-state index in [0.717, 1.165) is 28.0 Å². The molecule has 5 heteroatoms. The first kappa shape index (κ1) is 21.0. The summed E-state index contributed by atoms with van der Waals surface area (Å²) in [6.07, 6.45) is 0.676. The van der Waals surface area contributed by atoms with Gasteiger partial charge in [0.05, 0.1) is 12.0 Å². The summed E-state index contributed by atoms with van der Waals surface area (Å²) in [5.74, 6) is -1.71.